The first kappa shape index (κ1) is 21.1. The second-order valence-corrected chi connectivity index (χ2v) is 7.79. The van der Waals surface area contributed by atoms with Gasteiger partial charge in [0.05, 0.1) is 0 Å². The van der Waals surface area contributed by atoms with Crippen LogP contribution in [0.1, 0.15) is 39.2 Å². The van der Waals surface area contributed by atoms with Gasteiger partial charge in [0.25, 0.3) is 0 Å². The number of carbonyl (C=O) groups excluding carboxylic acids is 2. The largest absolute Gasteiger partial charge is 0.573 e. The van der Waals surface area contributed by atoms with Gasteiger partial charge in [-0.25, -0.2) is 0 Å². The Kier molecular flexibility index (Phi) is 6.07. The van der Waals surface area contributed by atoms with Gasteiger partial charge in [-0.2, -0.15) is 0 Å². The molecular weight excluding hydrogens is 361 g/mol. The standard InChI is InChI=1S/C19H25F3N2O3/c1-18(2,3)17(26)24-11-5-6-15(24)16(25)23(4)12-13-7-9-14(10-8-13)27-19(20,21)22/h7-10,15H,5-6,11-12H2,1-4H3. The first-order valence-corrected chi connectivity index (χ1v) is 8.79. The lowest BCUT2D eigenvalue weighted by Gasteiger charge is -2.32. The van der Waals surface area contributed by atoms with Gasteiger partial charge in [0.2, 0.25) is 11.8 Å². The summed E-state index contributed by atoms with van der Waals surface area (Å²) in [5, 5.41) is 0. The molecule has 1 saturated heterocycles. The predicted molar refractivity (Wildman–Crippen MR) is 93.8 cm³/mol. The second-order valence-electron chi connectivity index (χ2n) is 7.79. The highest BCUT2D eigenvalue weighted by molar-refractivity contribution is 5.90. The zero-order chi connectivity index (χ0) is 20.4. The molecule has 0 aromatic heterocycles. The zero-order valence-corrected chi connectivity index (χ0v) is 16.0. The lowest BCUT2D eigenvalue weighted by molar-refractivity contribution is -0.274. The van der Waals surface area contributed by atoms with E-state index in [4.69, 9.17) is 0 Å². The Labute approximate surface area is 157 Å². The zero-order valence-electron chi connectivity index (χ0n) is 16.0. The van der Waals surface area contributed by atoms with Gasteiger partial charge >= 0.3 is 6.36 Å². The van der Waals surface area contributed by atoms with Gasteiger partial charge < -0.3 is 14.5 Å². The second kappa shape index (κ2) is 7.78. The van der Waals surface area contributed by atoms with E-state index in [1.54, 1.807) is 11.9 Å². The normalized spacial score (nSPS) is 17.7. The van der Waals surface area contributed by atoms with Crippen molar-refractivity contribution in [2.24, 2.45) is 5.41 Å². The Morgan fingerprint density at radius 1 is 1.19 bits per heavy atom. The molecule has 1 aliphatic rings. The molecule has 1 atom stereocenters. The summed E-state index contributed by atoms with van der Waals surface area (Å²) >= 11 is 0. The number of nitrogens with zero attached hydrogens (tertiary/aromatic N) is 2. The minimum Gasteiger partial charge on any atom is -0.406 e. The van der Waals surface area contributed by atoms with Crippen LogP contribution in [-0.2, 0) is 16.1 Å². The van der Waals surface area contributed by atoms with Gasteiger partial charge in [-0.05, 0) is 30.5 Å². The minimum absolute atomic E-state index is 0.0552. The van der Waals surface area contributed by atoms with Gasteiger partial charge in [0, 0.05) is 25.6 Å². The maximum absolute atomic E-state index is 12.8. The molecule has 8 heteroatoms. The molecule has 2 amide bonds. The fourth-order valence-electron chi connectivity index (χ4n) is 3.10. The average molecular weight is 386 g/mol. The summed E-state index contributed by atoms with van der Waals surface area (Å²) in [4.78, 5) is 28.5. The molecule has 1 aromatic rings. The van der Waals surface area contributed by atoms with E-state index >= 15 is 0 Å². The maximum atomic E-state index is 12.8. The summed E-state index contributed by atoms with van der Waals surface area (Å²) in [7, 11) is 1.63. The van der Waals surface area contributed by atoms with Crippen molar-refractivity contribution in [1.29, 1.82) is 0 Å². The average Bonchev–Trinajstić information content (AvgIpc) is 3.02. The number of benzene rings is 1. The fourth-order valence-corrected chi connectivity index (χ4v) is 3.10. The summed E-state index contributed by atoms with van der Waals surface area (Å²) in [5.74, 6) is -0.529. The number of likely N-dealkylation sites (tertiary alicyclic amines) is 1. The quantitative estimate of drug-likeness (QED) is 0.795. The fraction of sp³-hybridized carbons (Fsp3) is 0.579. The van der Waals surface area contributed by atoms with Crippen LogP contribution in [-0.4, -0.2) is 47.6 Å². The topological polar surface area (TPSA) is 49.9 Å². The van der Waals surface area contributed by atoms with E-state index in [1.165, 1.54) is 29.2 Å². The molecule has 1 aliphatic heterocycles. The number of alkyl halides is 3. The van der Waals surface area contributed by atoms with Gasteiger partial charge in [-0.3, -0.25) is 9.59 Å². The Hall–Kier alpha value is -2.25. The summed E-state index contributed by atoms with van der Waals surface area (Å²) < 4.78 is 40.5. The number of hydrogen-bond acceptors (Lipinski definition) is 3. The molecule has 0 saturated carbocycles. The van der Waals surface area contributed by atoms with E-state index in [0.29, 0.717) is 18.5 Å². The van der Waals surface area contributed by atoms with Crippen LogP contribution >= 0.6 is 0 Å². The number of amides is 2. The smallest absolute Gasteiger partial charge is 0.406 e. The van der Waals surface area contributed by atoms with Crippen LogP contribution in [0.15, 0.2) is 24.3 Å². The Bertz CT molecular complexity index is 681. The molecular formula is C19H25F3N2O3. The van der Waals surface area contributed by atoms with Crippen molar-refractivity contribution in [3.63, 3.8) is 0 Å². The van der Waals surface area contributed by atoms with Crippen molar-refractivity contribution in [1.82, 2.24) is 9.80 Å². The van der Waals surface area contributed by atoms with Crippen molar-refractivity contribution in [2.75, 3.05) is 13.6 Å². The van der Waals surface area contributed by atoms with Gasteiger partial charge in [0.1, 0.15) is 11.8 Å². The molecule has 1 unspecified atom stereocenters. The molecule has 2 rings (SSSR count). The third-order valence-corrected chi connectivity index (χ3v) is 4.39. The first-order valence-electron chi connectivity index (χ1n) is 8.79. The summed E-state index contributed by atoms with van der Waals surface area (Å²) in [6.07, 6.45) is -3.35. The van der Waals surface area contributed by atoms with E-state index in [2.05, 4.69) is 4.74 Å². The lowest BCUT2D eigenvalue weighted by atomic mass is 9.94. The Balaban J connectivity index is 2.01. The summed E-state index contributed by atoms with van der Waals surface area (Å²) in [5.41, 5.74) is 0.113. The van der Waals surface area contributed by atoms with Crippen molar-refractivity contribution in [2.45, 2.75) is 52.6 Å². The summed E-state index contributed by atoms with van der Waals surface area (Å²) in [6, 6.07) is 4.91. The van der Waals surface area contributed by atoms with E-state index in [9.17, 15) is 22.8 Å². The lowest BCUT2D eigenvalue weighted by Crippen LogP contribution is -2.49. The molecule has 0 bridgehead atoms. The molecule has 27 heavy (non-hydrogen) atoms. The highest BCUT2D eigenvalue weighted by atomic mass is 19.4. The van der Waals surface area contributed by atoms with Crippen molar-refractivity contribution in [3.8, 4) is 5.75 Å². The number of rotatable bonds is 4. The number of ether oxygens (including phenoxy) is 1. The van der Waals surface area contributed by atoms with Crippen LogP contribution in [0, 0.1) is 5.41 Å². The molecule has 150 valence electrons. The summed E-state index contributed by atoms with van der Waals surface area (Å²) in [6.45, 7) is 6.26. The van der Waals surface area contributed by atoms with Crippen LogP contribution in [0.25, 0.3) is 0 Å². The monoisotopic (exact) mass is 386 g/mol. The third-order valence-electron chi connectivity index (χ3n) is 4.39. The highest BCUT2D eigenvalue weighted by Crippen LogP contribution is 2.27. The van der Waals surface area contributed by atoms with Crippen molar-refractivity contribution >= 4 is 11.8 Å². The van der Waals surface area contributed by atoms with E-state index < -0.39 is 17.8 Å². The van der Waals surface area contributed by atoms with Crippen LogP contribution < -0.4 is 4.74 Å². The number of carbonyl (C=O) groups is 2. The van der Waals surface area contributed by atoms with Crippen LogP contribution in [0.2, 0.25) is 0 Å². The molecule has 0 N–H and O–H groups in total. The molecule has 1 aromatic carbocycles. The van der Waals surface area contributed by atoms with E-state index in [-0.39, 0.29) is 24.1 Å². The third kappa shape index (κ3) is 5.61. The van der Waals surface area contributed by atoms with Crippen LogP contribution in [0.4, 0.5) is 13.2 Å². The molecule has 0 spiro atoms. The minimum atomic E-state index is -4.74. The molecule has 1 fully saturated rings. The van der Waals surface area contributed by atoms with Gasteiger partial charge in [-0.15, -0.1) is 13.2 Å². The van der Waals surface area contributed by atoms with Crippen LogP contribution in [0.5, 0.6) is 5.75 Å². The Morgan fingerprint density at radius 3 is 2.30 bits per heavy atom. The van der Waals surface area contributed by atoms with Crippen molar-refractivity contribution < 1.29 is 27.5 Å². The number of likely N-dealkylation sites (N-methyl/N-ethyl adjacent to an activating group) is 1. The number of halogens is 3. The van der Waals surface area contributed by atoms with Gasteiger partial charge in [0.15, 0.2) is 0 Å². The first-order chi connectivity index (χ1) is 12.4. The van der Waals surface area contributed by atoms with E-state index in [0.717, 1.165) is 6.42 Å². The predicted octanol–water partition coefficient (Wildman–Crippen LogP) is 3.58. The Morgan fingerprint density at radius 2 is 1.78 bits per heavy atom. The van der Waals surface area contributed by atoms with Gasteiger partial charge in [-0.1, -0.05) is 32.9 Å². The molecule has 1 heterocycles. The maximum Gasteiger partial charge on any atom is 0.573 e. The van der Waals surface area contributed by atoms with E-state index in [1.807, 2.05) is 20.8 Å². The van der Waals surface area contributed by atoms with Crippen LogP contribution in [0.3, 0.4) is 0 Å². The molecule has 0 aliphatic carbocycles. The molecule has 0 radical (unpaired) electrons. The highest BCUT2D eigenvalue weighted by Gasteiger charge is 2.39. The number of hydrogen-bond donors (Lipinski definition) is 0. The van der Waals surface area contributed by atoms with Crippen molar-refractivity contribution in [3.05, 3.63) is 29.8 Å². The SMILES string of the molecule is CN(Cc1ccc(OC(F)(F)F)cc1)C(=O)C1CCCN1C(=O)C(C)(C)C. The molecule has 5 nitrogen and oxygen atoms in total.